The fraction of sp³-hybridized carbons (Fsp3) is 0.605. The number of unbranched alkanes of at least 4 members (excludes halogenated alkanes) is 3. The van der Waals surface area contributed by atoms with Gasteiger partial charge < -0.3 is 67.7 Å². The van der Waals surface area contributed by atoms with Gasteiger partial charge in [-0.1, -0.05) is 44.7 Å². The molecule has 1 aromatic carbocycles. The van der Waals surface area contributed by atoms with E-state index < -0.39 is 158 Å². The zero-order valence-electron chi connectivity index (χ0n) is 37.6. The number of nitrogens with one attached hydrogen (secondary N) is 7. The summed E-state index contributed by atoms with van der Waals surface area (Å²) in [4.78, 5) is 147. The number of aliphatic hydroxyl groups is 1. The van der Waals surface area contributed by atoms with E-state index in [1.54, 1.807) is 0 Å². The lowest BCUT2D eigenvalue weighted by molar-refractivity contribution is -0.144. The van der Waals surface area contributed by atoms with E-state index in [4.69, 9.17) is 0 Å². The lowest BCUT2D eigenvalue weighted by Gasteiger charge is -2.30. The Morgan fingerprint density at radius 3 is 1.84 bits per heavy atom. The van der Waals surface area contributed by atoms with Crippen molar-refractivity contribution < 1.29 is 78.3 Å². The van der Waals surface area contributed by atoms with Crippen molar-refractivity contribution in [1.29, 1.82) is 0 Å². The van der Waals surface area contributed by atoms with Crippen molar-refractivity contribution in [3.63, 3.8) is 0 Å². The monoisotopic (exact) mass is 946 g/mol. The third-order valence-electron chi connectivity index (χ3n) is 11.2. The number of carbonyl (C=O) groups excluding carboxylic acids is 8. The van der Waals surface area contributed by atoms with Gasteiger partial charge in [0.25, 0.3) is 0 Å². The maximum atomic E-state index is 14.1. The van der Waals surface area contributed by atoms with Crippen LogP contribution in [0.15, 0.2) is 24.3 Å². The van der Waals surface area contributed by atoms with Crippen molar-refractivity contribution >= 4 is 65.2 Å². The molecule has 0 bridgehead atoms. The molecule has 2 aliphatic rings. The summed E-state index contributed by atoms with van der Waals surface area (Å²) >= 11 is 0. The number of carboxylic acid groups (broad SMARTS) is 3. The Morgan fingerprint density at radius 1 is 0.672 bits per heavy atom. The van der Waals surface area contributed by atoms with E-state index in [0.29, 0.717) is 18.4 Å². The second-order valence-corrected chi connectivity index (χ2v) is 16.7. The van der Waals surface area contributed by atoms with Crippen LogP contribution in [0.25, 0.3) is 0 Å². The standard InChI is InChI=1S/C43H62N8O16/c1-4-5-6-7-9-25-19-32(54)46-29(20-34(57)58)39(63)48-28(18-24-11-13-26(53)14-12-24)38(62)49-30(21-35(59)60)40(64)47-27(15-16-33(55)56)43(67)51-17-8-10-31(51)41(65)44-22(2)37(61)50-36(23(3)52)42(66)45-25/h11-14,22-23,25,27-31,36,52-53H,4-10,15-21H2,1-3H3,(H,44,65)(H,45,66)(H,46,54)(H,47,64)(H,48,63)(H,49,62)(H,50,61)(H,55,56)(H,57,58)(H,59,60). The number of aromatic hydroxyl groups is 1. The summed E-state index contributed by atoms with van der Waals surface area (Å²) < 4.78 is 0. The first kappa shape index (κ1) is 54.5. The van der Waals surface area contributed by atoms with Crippen molar-refractivity contribution in [2.45, 2.75) is 159 Å². The Kier molecular flexibility index (Phi) is 21.4. The smallest absolute Gasteiger partial charge is 0.305 e. The number of phenolic OH excluding ortho intramolecular Hbond substituents is 1. The van der Waals surface area contributed by atoms with E-state index in [-0.39, 0.29) is 31.6 Å². The van der Waals surface area contributed by atoms with Crippen molar-refractivity contribution in [3.05, 3.63) is 29.8 Å². The van der Waals surface area contributed by atoms with Crippen molar-refractivity contribution in [1.82, 2.24) is 42.1 Å². The summed E-state index contributed by atoms with van der Waals surface area (Å²) in [5.74, 6) is -13.0. The van der Waals surface area contributed by atoms with Crippen LogP contribution in [-0.4, -0.2) is 157 Å². The van der Waals surface area contributed by atoms with Crippen LogP contribution in [0.5, 0.6) is 5.75 Å². The molecule has 2 heterocycles. The lowest BCUT2D eigenvalue weighted by Crippen LogP contribution is -2.60. The molecule has 0 radical (unpaired) electrons. The second-order valence-electron chi connectivity index (χ2n) is 16.7. The maximum absolute atomic E-state index is 14.1. The molecule has 0 aromatic heterocycles. The zero-order chi connectivity index (χ0) is 50.0. The molecule has 1 aromatic rings. The Balaban J connectivity index is 2.14. The molecule has 2 saturated heterocycles. The van der Waals surface area contributed by atoms with Gasteiger partial charge >= 0.3 is 17.9 Å². The molecule has 24 heteroatoms. The molecule has 12 N–H and O–H groups in total. The number of carbonyl (C=O) groups is 11. The van der Waals surface area contributed by atoms with E-state index in [2.05, 4.69) is 37.2 Å². The van der Waals surface area contributed by atoms with Gasteiger partial charge in [-0.05, 0) is 57.2 Å². The van der Waals surface area contributed by atoms with E-state index in [9.17, 15) is 78.3 Å². The van der Waals surface area contributed by atoms with E-state index in [1.165, 1.54) is 38.1 Å². The number of hydrogen-bond acceptors (Lipinski definition) is 13. The average molecular weight is 947 g/mol. The molecule has 0 aliphatic carbocycles. The first-order valence-electron chi connectivity index (χ1n) is 22.1. The third kappa shape index (κ3) is 17.8. The number of fused-ring (bicyclic) bond motifs is 1. The van der Waals surface area contributed by atoms with Crippen LogP contribution in [0.2, 0.25) is 0 Å². The van der Waals surface area contributed by atoms with Gasteiger partial charge in [0, 0.05) is 31.8 Å². The Labute approximate surface area is 385 Å². The van der Waals surface area contributed by atoms with Crippen LogP contribution >= 0.6 is 0 Å². The van der Waals surface area contributed by atoms with Gasteiger partial charge in [0.1, 0.15) is 48.0 Å². The SMILES string of the molecule is CCCCCCC1CC(=O)NC(CC(=O)O)C(=O)NC(Cc2ccc(O)cc2)C(=O)NC(CC(=O)O)C(=O)NC(CCC(=O)O)C(=O)N2CCCC2C(=O)NC(C)C(=O)NC(C(C)O)C(=O)N1. The number of carboxylic acids is 3. The van der Waals surface area contributed by atoms with Gasteiger partial charge in [0.15, 0.2) is 0 Å². The average Bonchev–Trinajstić information content (AvgIpc) is 3.75. The molecule has 9 atom stereocenters. The highest BCUT2D eigenvalue weighted by Crippen LogP contribution is 2.21. The number of aliphatic carboxylic acids is 3. The molecule has 3 rings (SSSR count). The highest BCUT2D eigenvalue weighted by atomic mass is 16.4. The third-order valence-corrected chi connectivity index (χ3v) is 11.2. The van der Waals surface area contributed by atoms with E-state index in [1.807, 2.05) is 6.92 Å². The summed E-state index contributed by atoms with van der Waals surface area (Å²) in [7, 11) is 0. The largest absolute Gasteiger partial charge is 0.508 e. The Bertz CT molecular complexity index is 1980. The molecular formula is C43H62N8O16. The molecule has 67 heavy (non-hydrogen) atoms. The highest BCUT2D eigenvalue weighted by Gasteiger charge is 2.41. The number of nitrogens with zero attached hydrogens (tertiary/aromatic N) is 1. The molecular weight excluding hydrogens is 885 g/mol. The van der Waals surface area contributed by atoms with Gasteiger partial charge in [0.05, 0.1) is 18.9 Å². The zero-order valence-corrected chi connectivity index (χ0v) is 37.6. The highest BCUT2D eigenvalue weighted by molar-refractivity contribution is 5.99. The first-order chi connectivity index (χ1) is 31.6. The number of benzene rings is 1. The van der Waals surface area contributed by atoms with E-state index in [0.717, 1.165) is 17.7 Å². The topological polar surface area (TPSA) is 376 Å². The minimum atomic E-state index is -1.99. The van der Waals surface area contributed by atoms with Gasteiger partial charge in [-0.3, -0.25) is 52.7 Å². The first-order valence-corrected chi connectivity index (χ1v) is 22.1. The van der Waals surface area contributed by atoms with Gasteiger partial charge in [-0.25, -0.2) is 0 Å². The molecule has 9 unspecified atom stereocenters. The number of phenols is 1. The van der Waals surface area contributed by atoms with Crippen LogP contribution in [0.1, 0.15) is 103 Å². The molecule has 0 spiro atoms. The summed E-state index contributed by atoms with van der Waals surface area (Å²) in [5.41, 5.74) is 0.298. The maximum Gasteiger partial charge on any atom is 0.305 e. The van der Waals surface area contributed by atoms with Crippen LogP contribution in [0, 0.1) is 0 Å². The van der Waals surface area contributed by atoms with Crippen molar-refractivity contribution in [2.24, 2.45) is 0 Å². The predicted molar refractivity (Wildman–Crippen MR) is 232 cm³/mol. The van der Waals surface area contributed by atoms with Gasteiger partial charge in [-0.2, -0.15) is 0 Å². The van der Waals surface area contributed by atoms with Crippen LogP contribution in [0.4, 0.5) is 0 Å². The Hall–Kier alpha value is -6.85. The van der Waals surface area contributed by atoms with Gasteiger partial charge in [0.2, 0.25) is 47.3 Å². The quantitative estimate of drug-likeness (QED) is 0.0839. The van der Waals surface area contributed by atoms with E-state index >= 15 is 0 Å². The fourth-order valence-electron chi connectivity index (χ4n) is 7.56. The van der Waals surface area contributed by atoms with Gasteiger partial charge in [-0.15, -0.1) is 0 Å². The van der Waals surface area contributed by atoms with Crippen LogP contribution in [0.3, 0.4) is 0 Å². The second kappa shape index (κ2) is 26.3. The molecule has 2 fully saturated rings. The molecule has 0 saturated carbocycles. The number of aliphatic hydroxyl groups excluding tert-OH is 1. The number of rotatable bonds is 15. The number of amides is 8. The van der Waals surface area contributed by atoms with Crippen molar-refractivity contribution in [3.8, 4) is 5.75 Å². The summed E-state index contributed by atoms with van der Waals surface area (Å²) in [6.45, 7) is 4.38. The molecule has 8 amide bonds. The molecule has 24 nitrogen and oxygen atoms in total. The summed E-state index contributed by atoms with van der Waals surface area (Å²) in [5, 5.41) is 66.2. The van der Waals surface area contributed by atoms with Crippen molar-refractivity contribution in [2.75, 3.05) is 6.54 Å². The minimum Gasteiger partial charge on any atom is -0.508 e. The number of hydrogen-bond donors (Lipinski definition) is 12. The minimum absolute atomic E-state index is 0.0605. The molecule has 2 aliphatic heterocycles. The predicted octanol–water partition coefficient (Wildman–Crippen LogP) is -2.09. The summed E-state index contributed by atoms with van der Waals surface area (Å²) in [6, 6.07) is -7.26. The van der Waals surface area contributed by atoms with Crippen LogP contribution in [-0.2, 0) is 59.2 Å². The molecule has 370 valence electrons. The Morgan fingerprint density at radius 2 is 1.25 bits per heavy atom. The van der Waals surface area contributed by atoms with Crippen LogP contribution < -0.4 is 37.2 Å². The lowest BCUT2D eigenvalue weighted by atomic mass is 10.0. The summed E-state index contributed by atoms with van der Waals surface area (Å²) in [6.07, 6.45) is -2.47. The normalized spacial score (nSPS) is 25.9. The fourth-order valence-corrected chi connectivity index (χ4v) is 7.56.